The molecule has 1 aliphatic carbocycles. The van der Waals surface area contributed by atoms with Crippen LogP contribution in [-0.4, -0.2) is 29.2 Å². The van der Waals surface area contributed by atoms with E-state index in [4.69, 9.17) is 4.74 Å². The van der Waals surface area contributed by atoms with Crippen LogP contribution >= 0.6 is 0 Å². The molecule has 2 unspecified atom stereocenters. The minimum absolute atomic E-state index is 0.244. The Labute approximate surface area is 121 Å². The normalized spacial score (nSPS) is 26.4. The molecule has 0 bridgehead atoms. The van der Waals surface area contributed by atoms with E-state index in [2.05, 4.69) is 4.90 Å². The highest BCUT2D eigenvalue weighted by molar-refractivity contribution is 5.41. The highest BCUT2D eigenvalue weighted by atomic mass is 16.5. The maximum absolute atomic E-state index is 9.78. The number of aromatic hydroxyl groups is 1. The summed E-state index contributed by atoms with van der Waals surface area (Å²) in [5, 5.41) is 9.78. The first-order valence-electron chi connectivity index (χ1n) is 7.96. The van der Waals surface area contributed by atoms with Gasteiger partial charge < -0.3 is 9.84 Å². The van der Waals surface area contributed by atoms with Crippen LogP contribution in [0.15, 0.2) is 18.2 Å². The lowest BCUT2D eigenvalue weighted by atomic mass is 9.91. The van der Waals surface area contributed by atoms with Gasteiger partial charge >= 0.3 is 0 Å². The topological polar surface area (TPSA) is 32.7 Å². The highest BCUT2D eigenvalue weighted by Crippen LogP contribution is 2.38. The van der Waals surface area contributed by atoms with Gasteiger partial charge in [-0.15, -0.1) is 0 Å². The van der Waals surface area contributed by atoms with E-state index in [1.54, 1.807) is 6.07 Å². The molecule has 3 rings (SSSR count). The first kappa shape index (κ1) is 13.7. The van der Waals surface area contributed by atoms with Crippen molar-refractivity contribution in [3.05, 3.63) is 23.8 Å². The standard InChI is InChI=1S/C17H25NO2/c1-2-20-17-11-13(8-9-16(17)19)12-18-10-4-6-14-5-3-7-15(14)18/h8-9,11,14-15,19H,2-7,10,12H2,1H3. The summed E-state index contributed by atoms with van der Waals surface area (Å²) in [7, 11) is 0. The van der Waals surface area contributed by atoms with Crippen molar-refractivity contribution in [1.29, 1.82) is 0 Å². The lowest BCUT2D eigenvalue weighted by Crippen LogP contribution is -2.41. The highest BCUT2D eigenvalue weighted by Gasteiger charge is 2.34. The Morgan fingerprint density at radius 2 is 2.10 bits per heavy atom. The van der Waals surface area contributed by atoms with Crippen LogP contribution in [0.25, 0.3) is 0 Å². The van der Waals surface area contributed by atoms with Crippen LogP contribution in [0.1, 0.15) is 44.6 Å². The molecule has 110 valence electrons. The van der Waals surface area contributed by atoms with Gasteiger partial charge in [0.05, 0.1) is 6.61 Å². The van der Waals surface area contributed by atoms with Gasteiger partial charge in [-0.05, 0) is 62.8 Å². The molecular formula is C17H25NO2. The lowest BCUT2D eigenvalue weighted by Gasteiger charge is -2.37. The monoisotopic (exact) mass is 275 g/mol. The van der Waals surface area contributed by atoms with Crippen LogP contribution in [0.5, 0.6) is 11.5 Å². The number of benzene rings is 1. The molecule has 1 heterocycles. The average Bonchev–Trinajstić information content (AvgIpc) is 2.92. The van der Waals surface area contributed by atoms with Gasteiger partial charge in [0.1, 0.15) is 0 Å². The molecule has 1 aromatic rings. The summed E-state index contributed by atoms with van der Waals surface area (Å²) in [6.07, 6.45) is 6.92. The Morgan fingerprint density at radius 3 is 2.95 bits per heavy atom. The average molecular weight is 275 g/mol. The molecule has 1 aliphatic heterocycles. The molecule has 3 heteroatoms. The number of piperidine rings is 1. The SMILES string of the molecule is CCOc1cc(CN2CCCC3CCCC32)ccc1O. The molecular weight excluding hydrogens is 250 g/mol. The minimum Gasteiger partial charge on any atom is -0.504 e. The van der Waals surface area contributed by atoms with Gasteiger partial charge in [-0.1, -0.05) is 12.5 Å². The van der Waals surface area contributed by atoms with Gasteiger partial charge in [0.25, 0.3) is 0 Å². The second kappa shape index (κ2) is 6.04. The van der Waals surface area contributed by atoms with Gasteiger partial charge in [-0.25, -0.2) is 0 Å². The molecule has 1 aromatic carbocycles. The van der Waals surface area contributed by atoms with E-state index < -0.39 is 0 Å². The summed E-state index contributed by atoms with van der Waals surface area (Å²) in [5.74, 6) is 1.78. The molecule has 3 nitrogen and oxygen atoms in total. The van der Waals surface area contributed by atoms with Crippen LogP contribution in [-0.2, 0) is 6.54 Å². The van der Waals surface area contributed by atoms with Crippen molar-refractivity contribution in [2.24, 2.45) is 5.92 Å². The van der Waals surface area contributed by atoms with Gasteiger partial charge in [-0.2, -0.15) is 0 Å². The minimum atomic E-state index is 0.244. The first-order chi connectivity index (χ1) is 9.78. The molecule has 2 atom stereocenters. The quantitative estimate of drug-likeness (QED) is 0.912. The number of hydrogen-bond acceptors (Lipinski definition) is 3. The molecule has 0 aromatic heterocycles. The van der Waals surface area contributed by atoms with E-state index >= 15 is 0 Å². The summed E-state index contributed by atoms with van der Waals surface area (Å²) >= 11 is 0. The van der Waals surface area contributed by atoms with Crippen molar-refractivity contribution >= 4 is 0 Å². The number of likely N-dealkylation sites (tertiary alicyclic amines) is 1. The molecule has 1 N–H and O–H groups in total. The largest absolute Gasteiger partial charge is 0.504 e. The van der Waals surface area contributed by atoms with Crippen molar-refractivity contribution in [3.8, 4) is 11.5 Å². The van der Waals surface area contributed by atoms with Gasteiger partial charge in [0, 0.05) is 12.6 Å². The van der Waals surface area contributed by atoms with Crippen LogP contribution in [0.4, 0.5) is 0 Å². The van der Waals surface area contributed by atoms with E-state index in [-0.39, 0.29) is 5.75 Å². The number of nitrogens with zero attached hydrogens (tertiary/aromatic N) is 1. The predicted molar refractivity (Wildman–Crippen MR) is 80.0 cm³/mol. The maximum Gasteiger partial charge on any atom is 0.161 e. The van der Waals surface area contributed by atoms with Gasteiger partial charge in [0.15, 0.2) is 11.5 Å². The third kappa shape index (κ3) is 2.78. The summed E-state index contributed by atoms with van der Waals surface area (Å²) in [6.45, 7) is 4.73. The second-order valence-corrected chi connectivity index (χ2v) is 6.11. The number of phenolic OH excluding ortho intramolecular Hbond substituents is 1. The zero-order valence-corrected chi connectivity index (χ0v) is 12.3. The molecule has 1 saturated heterocycles. The molecule has 0 radical (unpaired) electrons. The molecule has 0 spiro atoms. The second-order valence-electron chi connectivity index (χ2n) is 6.11. The molecule has 20 heavy (non-hydrogen) atoms. The van der Waals surface area contributed by atoms with E-state index in [0.29, 0.717) is 12.4 Å². The Kier molecular flexibility index (Phi) is 4.16. The third-order valence-corrected chi connectivity index (χ3v) is 4.82. The number of hydrogen-bond donors (Lipinski definition) is 1. The van der Waals surface area contributed by atoms with Gasteiger partial charge in [0.2, 0.25) is 0 Å². The zero-order valence-electron chi connectivity index (χ0n) is 12.3. The lowest BCUT2D eigenvalue weighted by molar-refractivity contribution is 0.106. The van der Waals surface area contributed by atoms with Crippen LogP contribution in [0.2, 0.25) is 0 Å². The fourth-order valence-corrected chi connectivity index (χ4v) is 3.92. The van der Waals surface area contributed by atoms with Crippen molar-refractivity contribution < 1.29 is 9.84 Å². The number of ether oxygens (including phenoxy) is 1. The fourth-order valence-electron chi connectivity index (χ4n) is 3.92. The Morgan fingerprint density at radius 1 is 1.25 bits per heavy atom. The summed E-state index contributed by atoms with van der Waals surface area (Å²) in [4.78, 5) is 2.64. The van der Waals surface area contributed by atoms with Crippen molar-refractivity contribution in [1.82, 2.24) is 4.90 Å². The fraction of sp³-hybridized carbons (Fsp3) is 0.647. The number of rotatable bonds is 4. The summed E-state index contributed by atoms with van der Waals surface area (Å²) in [6, 6.07) is 6.57. The van der Waals surface area contributed by atoms with Crippen molar-refractivity contribution in [2.75, 3.05) is 13.2 Å². The summed E-state index contributed by atoms with van der Waals surface area (Å²) in [5.41, 5.74) is 1.25. The molecule has 1 saturated carbocycles. The number of phenols is 1. The van der Waals surface area contributed by atoms with Gasteiger partial charge in [-0.3, -0.25) is 4.90 Å². The predicted octanol–water partition coefficient (Wildman–Crippen LogP) is 3.56. The van der Waals surface area contributed by atoms with Crippen molar-refractivity contribution in [3.63, 3.8) is 0 Å². The maximum atomic E-state index is 9.78. The Hall–Kier alpha value is -1.22. The number of fused-ring (bicyclic) bond motifs is 1. The zero-order chi connectivity index (χ0) is 13.9. The molecule has 0 amide bonds. The molecule has 2 fully saturated rings. The van der Waals surface area contributed by atoms with E-state index in [1.807, 2.05) is 19.1 Å². The first-order valence-corrected chi connectivity index (χ1v) is 7.96. The smallest absolute Gasteiger partial charge is 0.161 e. The van der Waals surface area contributed by atoms with E-state index in [0.717, 1.165) is 18.5 Å². The van der Waals surface area contributed by atoms with Crippen LogP contribution < -0.4 is 4.74 Å². The summed E-state index contributed by atoms with van der Waals surface area (Å²) < 4.78 is 5.48. The van der Waals surface area contributed by atoms with Crippen LogP contribution in [0.3, 0.4) is 0 Å². The molecule has 2 aliphatic rings. The van der Waals surface area contributed by atoms with E-state index in [1.165, 1.54) is 44.2 Å². The van der Waals surface area contributed by atoms with Crippen LogP contribution in [0, 0.1) is 5.92 Å². The third-order valence-electron chi connectivity index (χ3n) is 4.82. The van der Waals surface area contributed by atoms with Crippen molar-refractivity contribution in [2.45, 2.75) is 51.6 Å². The Bertz CT molecular complexity index is 460. The van der Waals surface area contributed by atoms with E-state index in [9.17, 15) is 5.11 Å². The Balaban J connectivity index is 1.72.